The van der Waals surface area contributed by atoms with Crippen molar-refractivity contribution >= 4 is 33.0 Å². The number of hydrogen-bond donors (Lipinski definition) is 1. The summed E-state index contributed by atoms with van der Waals surface area (Å²) >= 11 is 3.57. The summed E-state index contributed by atoms with van der Waals surface area (Å²) in [6.07, 6.45) is 2.82. The summed E-state index contributed by atoms with van der Waals surface area (Å²) in [7, 11) is 0. The number of rotatable bonds is 6. The first-order chi connectivity index (χ1) is 14.1. The number of allylic oxidation sites excluding steroid dienone is 2. The highest BCUT2D eigenvalue weighted by Gasteiger charge is 2.22. The molecule has 0 bridgehead atoms. The first-order valence-electron chi connectivity index (χ1n) is 9.52. The largest absolute Gasteiger partial charge is 0.488 e. The molecule has 0 atom stereocenters. The van der Waals surface area contributed by atoms with E-state index in [4.69, 9.17) is 4.74 Å². The Morgan fingerprint density at radius 2 is 1.72 bits per heavy atom. The van der Waals surface area contributed by atoms with Gasteiger partial charge in [-0.3, -0.25) is 0 Å². The molecule has 1 aliphatic rings. The van der Waals surface area contributed by atoms with E-state index in [9.17, 15) is 9.90 Å². The third-order valence-corrected chi connectivity index (χ3v) is 5.82. The van der Waals surface area contributed by atoms with Gasteiger partial charge >= 0.3 is 5.97 Å². The summed E-state index contributed by atoms with van der Waals surface area (Å²) in [6.45, 7) is 0.466. The van der Waals surface area contributed by atoms with Crippen LogP contribution < -0.4 is 4.74 Å². The van der Waals surface area contributed by atoms with Crippen LogP contribution in [0.3, 0.4) is 0 Å². The summed E-state index contributed by atoms with van der Waals surface area (Å²) in [5, 5.41) is 9.28. The van der Waals surface area contributed by atoms with Crippen molar-refractivity contribution < 1.29 is 14.6 Å². The summed E-state index contributed by atoms with van der Waals surface area (Å²) in [5.74, 6) is -0.184. The third kappa shape index (κ3) is 4.25. The molecule has 0 aliphatic heterocycles. The fourth-order valence-electron chi connectivity index (χ4n) is 3.66. The first-order valence-corrected chi connectivity index (χ1v) is 10.3. The van der Waals surface area contributed by atoms with Crippen LogP contribution in [0.25, 0.3) is 11.1 Å². The maximum atomic E-state index is 11.3. The van der Waals surface area contributed by atoms with Gasteiger partial charge in [0, 0.05) is 15.6 Å². The molecule has 29 heavy (non-hydrogen) atoms. The van der Waals surface area contributed by atoms with Gasteiger partial charge < -0.3 is 9.84 Å². The number of carboxylic acid groups (broad SMARTS) is 1. The number of hydrogen-bond acceptors (Lipinski definition) is 3. The van der Waals surface area contributed by atoms with E-state index < -0.39 is 5.97 Å². The van der Waals surface area contributed by atoms with Crippen LogP contribution in [0, 0.1) is 0 Å². The molecule has 3 aromatic rings. The van der Waals surface area contributed by atoms with Crippen molar-refractivity contribution in [3.05, 3.63) is 93.7 Å². The van der Waals surface area contributed by atoms with Crippen molar-refractivity contribution in [2.24, 2.45) is 0 Å². The average Bonchev–Trinajstić information content (AvgIpc) is 3.23. The normalized spacial score (nSPS) is 13.6. The van der Waals surface area contributed by atoms with Gasteiger partial charge in [0.25, 0.3) is 0 Å². The second kappa shape index (κ2) is 8.62. The SMILES string of the molecule is O=C(O)c1cccc(C2=C(c3ccccc3OCc3ccccc3Br)CCC2)n1. The molecule has 4 nitrogen and oxygen atoms in total. The number of aromatic nitrogens is 1. The minimum absolute atomic E-state index is 0.0692. The number of para-hydroxylation sites is 1. The van der Waals surface area contributed by atoms with Gasteiger partial charge in [-0.05, 0) is 54.7 Å². The van der Waals surface area contributed by atoms with Crippen molar-refractivity contribution in [1.29, 1.82) is 0 Å². The molecule has 0 fully saturated rings. The Morgan fingerprint density at radius 3 is 2.55 bits per heavy atom. The molecular formula is C24H20BrNO3. The van der Waals surface area contributed by atoms with Crippen LogP contribution in [-0.2, 0) is 6.61 Å². The van der Waals surface area contributed by atoms with E-state index >= 15 is 0 Å². The maximum Gasteiger partial charge on any atom is 0.354 e. The molecule has 5 heteroatoms. The highest BCUT2D eigenvalue weighted by atomic mass is 79.9. The number of pyridine rings is 1. The van der Waals surface area contributed by atoms with Gasteiger partial charge in [-0.15, -0.1) is 0 Å². The Balaban J connectivity index is 1.69. The highest BCUT2D eigenvalue weighted by molar-refractivity contribution is 9.10. The fraction of sp³-hybridized carbons (Fsp3) is 0.167. The number of aromatic carboxylic acids is 1. The molecule has 0 radical (unpaired) electrons. The van der Waals surface area contributed by atoms with E-state index in [1.807, 2.05) is 48.5 Å². The molecule has 0 amide bonds. The van der Waals surface area contributed by atoms with E-state index in [1.54, 1.807) is 6.07 Å². The zero-order valence-corrected chi connectivity index (χ0v) is 17.4. The van der Waals surface area contributed by atoms with Crippen LogP contribution in [0.2, 0.25) is 0 Å². The third-order valence-electron chi connectivity index (χ3n) is 5.05. The maximum absolute atomic E-state index is 11.3. The van der Waals surface area contributed by atoms with Crippen molar-refractivity contribution in [1.82, 2.24) is 4.98 Å². The first kappa shape index (κ1) is 19.4. The van der Waals surface area contributed by atoms with Gasteiger partial charge in [0.05, 0.1) is 5.69 Å². The molecule has 0 unspecified atom stereocenters. The number of ether oxygens (including phenoxy) is 1. The Bertz CT molecular complexity index is 1090. The lowest BCUT2D eigenvalue weighted by Gasteiger charge is -2.15. The van der Waals surface area contributed by atoms with Crippen LogP contribution in [0.5, 0.6) is 5.75 Å². The quantitative estimate of drug-likeness (QED) is 0.485. The molecule has 0 saturated carbocycles. The number of carboxylic acids is 1. The predicted octanol–water partition coefficient (Wildman–Crippen LogP) is 6.22. The number of benzene rings is 2. The summed E-state index contributed by atoms with van der Waals surface area (Å²) in [6, 6.07) is 21.2. The lowest BCUT2D eigenvalue weighted by atomic mass is 9.99. The minimum Gasteiger partial charge on any atom is -0.488 e. The van der Waals surface area contributed by atoms with Crippen LogP contribution >= 0.6 is 15.9 Å². The van der Waals surface area contributed by atoms with Gasteiger partial charge in [0.2, 0.25) is 0 Å². The van der Waals surface area contributed by atoms with E-state index in [1.165, 1.54) is 11.6 Å². The molecule has 1 aliphatic carbocycles. The summed E-state index contributed by atoms with van der Waals surface area (Å²) in [5.41, 5.74) is 5.22. The van der Waals surface area contributed by atoms with E-state index in [0.717, 1.165) is 51.9 Å². The number of nitrogens with zero attached hydrogens (tertiary/aromatic N) is 1. The Morgan fingerprint density at radius 1 is 0.966 bits per heavy atom. The van der Waals surface area contributed by atoms with Crippen LogP contribution in [0.4, 0.5) is 0 Å². The zero-order valence-electron chi connectivity index (χ0n) is 15.8. The number of halogens is 1. The molecule has 0 saturated heterocycles. The van der Waals surface area contributed by atoms with E-state index in [-0.39, 0.29) is 5.69 Å². The summed E-state index contributed by atoms with van der Waals surface area (Å²) in [4.78, 5) is 15.7. The molecule has 0 spiro atoms. The highest BCUT2D eigenvalue weighted by Crippen LogP contribution is 2.42. The minimum atomic E-state index is -1.01. The van der Waals surface area contributed by atoms with E-state index in [0.29, 0.717) is 6.61 Å². The van der Waals surface area contributed by atoms with E-state index in [2.05, 4.69) is 27.0 Å². The molecule has 1 aromatic heterocycles. The molecular weight excluding hydrogens is 430 g/mol. The van der Waals surface area contributed by atoms with Crippen molar-refractivity contribution in [2.75, 3.05) is 0 Å². The fourth-order valence-corrected chi connectivity index (χ4v) is 4.06. The van der Waals surface area contributed by atoms with Crippen LogP contribution in [0.15, 0.2) is 71.2 Å². The van der Waals surface area contributed by atoms with Crippen LogP contribution in [0.1, 0.15) is 46.6 Å². The van der Waals surface area contributed by atoms with Gasteiger partial charge in [-0.25, -0.2) is 9.78 Å². The van der Waals surface area contributed by atoms with Crippen molar-refractivity contribution in [2.45, 2.75) is 25.9 Å². The molecule has 1 N–H and O–H groups in total. The molecule has 4 rings (SSSR count). The predicted molar refractivity (Wildman–Crippen MR) is 117 cm³/mol. The second-order valence-electron chi connectivity index (χ2n) is 6.90. The lowest BCUT2D eigenvalue weighted by Crippen LogP contribution is -2.02. The smallest absolute Gasteiger partial charge is 0.354 e. The Hall–Kier alpha value is -2.92. The van der Waals surface area contributed by atoms with Crippen molar-refractivity contribution in [3.8, 4) is 5.75 Å². The zero-order chi connectivity index (χ0) is 20.2. The Kier molecular flexibility index (Phi) is 5.76. The van der Waals surface area contributed by atoms with Crippen molar-refractivity contribution in [3.63, 3.8) is 0 Å². The van der Waals surface area contributed by atoms with Gasteiger partial charge in [-0.1, -0.05) is 58.4 Å². The van der Waals surface area contributed by atoms with Gasteiger partial charge in [0.15, 0.2) is 0 Å². The summed E-state index contributed by atoms with van der Waals surface area (Å²) < 4.78 is 7.21. The standard InChI is InChI=1S/C24H20BrNO3/c25-20-11-3-1-7-16(20)15-29-23-14-4-2-8-19(23)17-9-5-10-18(17)21-12-6-13-22(26-21)24(27)28/h1-4,6-8,11-14H,5,9-10,15H2,(H,27,28). The number of carbonyl (C=O) groups is 1. The van der Waals surface area contributed by atoms with Gasteiger partial charge in [-0.2, -0.15) is 0 Å². The monoisotopic (exact) mass is 449 g/mol. The molecule has 146 valence electrons. The molecule has 2 aromatic carbocycles. The topological polar surface area (TPSA) is 59.4 Å². The average molecular weight is 450 g/mol. The second-order valence-corrected chi connectivity index (χ2v) is 7.75. The lowest BCUT2D eigenvalue weighted by molar-refractivity contribution is 0.0690. The van der Waals surface area contributed by atoms with Gasteiger partial charge in [0.1, 0.15) is 18.1 Å². The Labute approximate surface area is 178 Å². The van der Waals surface area contributed by atoms with Crippen LogP contribution in [-0.4, -0.2) is 16.1 Å². The molecule has 1 heterocycles.